The number of amides is 1. The highest BCUT2D eigenvalue weighted by Crippen LogP contribution is 2.25. The van der Waals surface area contributed by atoms with Crippen LogP contribution in [0.25, 0.3) is 0 Å². The SMILES string of the molecule is CCC(CBr)NC(=O)c1snnc1C(C)(C)C. The molecule has 1 N–H and O–H groups in total. The van der Waals surface area contributed by atoms with Gasteiger partial charge >= 0.3 is 0 Å². The Morgan fingerprint density at radius 2 is 2.18 bits per heavy atom. The highest BCUT2D eigenvalue weighted by Gasteiger charge is 2.26. The summed E-state index contributed by atoms with van der Waals surface area (Å²) in [5.41, 5.74) is 0.611. The fourth-order valence-electron chi connectivity index (χ4n) is 1.33. The highest BCUT2D eigenvalue weighted by atomic mass is 79.9. The molecule has 6 heteroatoms. The van der Waals surface area contributed by atoms with Gasteiger partial charge in [0, 0.05) is 16.8 Å². The van der Waals surface area contributed by atoms with Crippen LogP contribution >= 0.6 is 27.5 Å². The first-order valence-corrected chi connectivity index (χ1v) is 7.49. The molecule has 0 radical (unpaired) electrons. The van der Waals surface area contributed by atoms with Crippen LogP contribution in [0, 0.1) is 0 Å². The molecule has 0 aromatic carbocycles. The standard InChI is InChI=1S/C11H18BrN3OS/c1-5-7(6-12)13-10(16)8-9(11(2,3)4)14-15-17-8/h7H,5-6H2,1-4H3,(H,13,16). The Kier molecular flexibility index (Phi) is 5.06. The Morgan fingerprint density at radius 3 is 2.65 bits per heavy atom. The summed E-state index contributed by atoms with van der Waals surface area (Å²) in [6.45, 7) is 8.13. The van der Waals surface area contributed by atoms with E-state index in [1.54, 1.807) is 0 Å². The van der Waals surface area contributed by atoms with Crippen LogP contribution in [0.4, 0.5) is 0 Å². The Morgan fingerprint density at radius 1 is 1.53 bits per heavy atom. The smallest absolute Gasteiger partial charge is 0.265 e. The number of alkyl halides is 1. The summed E-state index contributed by atoms with van der Waals surface area (Å²) in [6.07, 6.45) is 0.897. The fraction of sp³-hybridized carbons (Fsp3) is 0.727. The van der Waals surface area contributed by atoms with Gasteiger partial charge in [0.05, 0.1) is 5.69 Å². The molecule has 4 nitrogen and oxygen atoms in total. The van der Waals surface area contributed by atoms with Crippen LogP contribution in [-0.2, 0) is 5.41 Å². The maximum atomic E-state index is 12.1. The lowest BCUT2D eigenvalue weighted by Crippen LogP contribution is -2.36. The van der Waals surface area contributed by atoms with E-state index in [0.717, 1.165) is 29.0 Å². The van der Waals surface area contributed by atoms with Crippen molar-refractivity contribution < 1.29 is 4.79 Å². The van der Waals surface area contributed by atoms with Gasteiger partial charge in [0.1, 0.15) is 4.88 Å². The molecule has 0 saturated heterocycles. The Balaban J connectivity index is 2.87. The van der Waals surface area contributed by atoms with Crippen molar-refractivity contribution in [2.24, 2.45) is 0 Å². The molecule has 0 aliphatic carbocycles. The van der Waals surface area contributed by atoms with E-state index >= 15 is 0 Å². The van der Waals surface area contributed by atoms with Crippen molar-refractivity contribution in [2.45, 2.75) is 45.6 Å². The van der Waals surface area contributed by atoms with Crippen molar-refractivity contribution in [1.82, 2.24) is 14.9 Å². The van der Waals surface area contributed by atoms with Crippen LogP contribution in [-0.4, -0.2) is 26.9 Å². The largest absolute Gasteiger partial charge is 0.348 e. The van der Waals surface area contributed by atoms with Crippen LogP contribution in [0.1, 0.15) is 49.5 Å². The van der Waals surface area contributed by atoms with Crippen LogP contribution < -0.4 is 5.32 Å². The van der Waals surface area contributed by atoms with E-state index in [1.165, 1.54) is 0 Å². The van der Waals surface area contributed by atoms with Gasteiger partial charge in [-0.2, -0.15) is 0 Å². The number of carbonyl (C=O) groups is 1. The zero-order valence-electron chi connectivity index (χ0n) is 10.6. The van der Waals surface area contributed by atoms with Crippen molar-refractivity contribution in [3.63, 3.8) is 0 Å². The topological polar surface area (TPSA) is 54.9 Å². The van der Waals surface area contributed by atoms with Crippen LogP contribution in [0.2, 0.25) is 0 Å². The maximum Gasteiger partial charge on any atom is 0.265 e. The van der Waals surface area contributed by atoms with Gasteiger partial charge in [-0.15, -0.1) is 5.10 Å². The summed E-state index contributed by atoms with van der Waals surface area (Å²) in [5, 5.41) is 7.80. The zero-order chi connectivity index (χ0) is 13.1. The lowest BCUT2D eigenvalue weighted by Gasteiger charge is -2.18. The summed E-state index contributed by atoms with van der Waals surface area (Å²) in [7, 11) is 0. The lowest BCUT2D eigenvalue weighted by molar-refractivity contribution is 0.0942. The van der Waals surface area contributed by atoms with Gasteiger partial charge in [0.2, 0.25) is 0 Å². The van der Waals surface area contributed by atoms with Crippen molar-refractivity contribution in [2.75, 3.05) is 5.33 Å². The number of rotatable bonds is 4. The zero-order valence-corrected chi connectivity index (χ0v) is 13.0. The first-order chi connectivity index (χ1) is 7.90. The molecule has 1 rings (SSSR count). The summed E-state index contributed by atoms with van der Waals surface area (Å²) in [4.78, 5) is 12.7. The molecule has 1 amide bonds. The lowest BCUT2D eigenvalue weighted by atomic mass is 9.91. The molecule has 17 heavy (non-hydrogen) atoms. The summed E-state index contributed by atoms with van der Waals surface area (Å²) in [5.74, 6) is -0.0729. The van der Waals surface area contributed by atoms with Crippen molar-refractivity contribution in [3.8, 4) is 0 Å². The van der Waals surface area contributed by atoms with Crippen molar-refractivity contribution in [3.05, 3.63) is 10.6 Å². The molecule has 1 aromatic heterocycles. The van der Waals surface area contributed by atoms with Crippen LogP contribution in [0.15, 0.2) is 0 Å². The summed E-state index contributed by atoms with van der Waals surface area (Å²) < 4.78 is 3.89. The molecular weight excluding hydrogens is 302 g/mol. The first kappa shape index (κ1) is 14.6. The average Bonchev–Trinajstić information content (AvgIpc) is 2.73. The number of hydrogen-bond acceptors (Lipinski definition) is 4. The Hall–Kier alpha value is -0.490. The number of nitrogens with one attached hydrogen (secondary N) is 1. The third-order valence-electron chi connectivity index (χ3n) is 2.42. The van der Waals surface area contributed by atoms with Crippen molar-refractivity contribution >= 4 is 33.4 Å². The van der Waals surface area contributed by atoms with E-state index in [1.807, 2.05) is 27.7 Å². The number of halogens is 1. The van der Waals surface area contributed by atoms with Crippen molar-refractivity contribution in [1.29, 1.82) is 0 Å². The second kappa shape index (κ2) is 5.91. The number of nitrogens with zero attached hydrogens (tertiary/aromatic N) is 2. The molecule has 0 aliphatic rings. The highest BCUT2D eigenvalue weighted by molar-refractivity contribution is 9.09. The van der Waals surface area contributed by atoms with E-state index in [9.17, 15) is 4.79 Å². The van der Waals surface area contributed by atoms with E-state index in [4.69, 9.17) is 0 Å². The van der Waals surface area contributed by atoms with Gasteiger partial charge in [-0.3, -0.25) is 4.79 Å². The molecule has 1 unspecified atom stereocenters. The monoisotopic (exact) mass is 319 g/mol. The predicted molar refractivity (Wildman–Crippen MR) is 73.9 cm³/mol. The molecule has 1 atom stereocenters. The van der Waals surface area contributed by atoms with Gasteiger partial charge in [-0.1, -0.05) is 48.1 Å². The van der Waals surface area contributed by atoms with E-state index in [2.05, 4.69) is 30.8 Å². The van der Waals surface area contributed by atoms with Gasteiger partial charge in [-0.25, -0.2) is 0 Å². The Bertz CT molecular complexity index is 382. The summed E-state index contributed by atoms with van der Waals surface area (Å²) in [6, 6.07) is 0.150. The predicted octanol–water partition coefficient (Wildman–Crippen LogP) is 2.74. The average molecular weight is 320 g/mol. The van der Waals surface area contributed by atoms with Crippen LogP contribution in [0.3, 0.4) is 0 Å². The first-order valence-electron chi connectivity index (χ1n) is 5.59. The molecule has 96 valence electrons. The minimum Gasteiger partial charge on any atom is -0.348 e. The molecule has 0 fully saturated rings. The van der Waals surface area contributed by atoms with E-state index in [0.29, 0.717) is 4.88 Å². The van der Waals surface area contributed by atoms with Gasteiger partial charge < -0.3 is 5.32 Å². The fourth-order valence-corrected chi connectivity index (χ4v) is 2.73. The van der Waals surface area contributed by atoms with Gasteiger partial charge in [0.15, 0.2) is 0 Å². The second-order valence-corrected chi connectivity index (χ2v) is 6.34. The third kappa shape index (κ3) is 3.74. The molecule has 0 spiro atoms. The molecule has 1 heterocycles. The van der Waals surface area contributed by atoms with Gasteiger partial charge in [-0.05, 0) is 18.0 Å². The molecular formula is C11H18BrN3OS. The molecule has 0 aliphatic heterocycles. The quantitative estimate of drug-likeness (QED) is 0.868. The third-order valence-corrected chi connectivity index (χ3v) is 3.93. The Labute approximate surface area is 114 Å². The van der Waals surface area contributed by atoms with E-state index in [-0.39, 0.29) is 17.4 Å². The number of carbonyl (C=O) groups excluding carboxylic acids is 1. The van der Waals surface area contributed by atoms with E-state index < -0.39 is 0 Å². The molecule has 1 aromatic rings. The second-order valence-electron chi connectivity index (χ2n) is 4.93. The molecule has 0 bridgehead atoms. The molecule has 0 saturated carbocycles. The number of hydrogen-bond donors (Lipinski definition) is 1. The minimum atomic E-state index is -0.157. The maximum absolute atomic E-state index is 12.1. The summed E-state index contributed by atoms with van der Waals surface area (Å²) >= 11 is 4.54. The minimum absolute atomic E-state index is 0.0729. The van der Waals surface area contributed by atoms with Crippen LogP contribution in [0.5, 0.6) is 0 Å². The normalized spacial score (nSPS) is 13.5. The van der Waals surface area contributed by atoms with Gasteiger partial charge in [0.25, 0.3) is 5.91 Å². The number of aromatic nitrogens is 2.